The van der Waals surface area contributed by atoms with Gasteiger partial charge in [-0.25, -0.2) is 8.42 Å². The van der Waals surface area contributed by atoms with Crippen molar-refractivity contribution in [1.29, 1.82) is 0 Å². The third-order valence-corrected chi connectivity index (χ3v) is 11.7. The summed E-state index contributed by atoms with van der Waals surface area (Å²) in [6.45, 7) is 2.32. The lowest BCUT2D eigenvalue weighted by atomic mass is 10.3. The van der Waals surface area contributed by atoms with Gasteiger partial charge in [-0.3, -0.25) is 0 Å². The molecular formula is C25H22O2SSi. The van der Waals surface area contributed by atoms with Crippen molar-refractivity contribution in [3.8, 4) is 0 Å². The molecular weight excluding hydrogens is 392 g/mol. The van der Waals surface area contributed by atoms with Gasteiger partial charge in [0, 0.05) is 0 Å². The summed E-state index contributed by atoms with van der Waals surface area (Å²) in [4.78, 5) is 0.642. The van der Waals surface area contributed by atoms with Gasteiger partial charge in [-0.05, 0) is 39.8 Å². The van der Waals surface area contributed by atoms with Gasteiger partial charge in [-0.15, -0.1) is 0 Å². The van der Waals surface area contributed by atoms with Gasteiger partial charge in [0.15, 0.2) is 0 Å². The van der Waals surface area contributed by atoms with E-state index in [0.29, 0.717) is 9.79 Å². The Bertz CT molecular complexity index is 1150. The molecule has 4 aromatic rings. The van der Waals surface area contributed by atoms with Crippen LogP contribution in [0, 0.1) is 0 Å². The Morgan fingerprint density at radius 2 is 0.828 bits per heavy atom. The second-order valence-corrected chi connectivity index (χ2v) is 13.1. The maximum atomic E-state index is 12.9. The number of sulfone groups is 1. The third kappa shape index (κ3) is 3.57. The van der Waals surface area contributed by atoms with Crippen molar-refractivity contribution >= 4 is 33.5 Å². The minimum Gasteiger partial charge on any atom is -0.219 e. The zero-order valence-electron chi connectivity index (χ0n) is 16.2. The van der Waals surface area contributed by atoms with E-state index in [1.54, 1.807) is 36.4 Å². The highest BCUT2D eigenvalue weighted by Gasteiger charge is 2.34. The van der Waals surface area contributed by atoms with Crippen LogP contribution in [0.1, 0.15) is 0 Å². The Morgan fingerprint density at radius 3 is 1.28 bits per heavy atom. The van der Waals surface area contributed by atoms with Crippen LogP contribution < -0.4 is 15.6 Å². The second kappa shape index (κ2) is 7.82. The lowest BCUT2D eigenvalue weighted by molar-refractivity contribution is 0.596. The molecule has 0 aliphatic carbocycles. The maximum Gasteiger partial charge on any atom is 0.206 e. The summed E-state index contributed by atoms with van der Waals surface area (Å²) in [6, 6.07) is 37.1. The zero-order valence-corrected chi connectivity index (χ0v) is 18.0. The van der Waals surface area contributed by atoms with Gasteiger partial charge in [-0.1, -0.05) is 97.5 Å². The first-order chi connectivity index (χ1) is 14.0. The Hall–Kier alpha value is -2.95. The first kappa shape index (κ1) is 19.4. The van der Waals surface area contributed by atoms with Gasteiger partial charge in [0.1, 0.15) is 8.07 Å². The molecule has 0 aliphatic rings. The van der Waals surface area contributed by atoms with Crippen LogP contribution in [0.15, 0.2) is 125 Å². The molecule has 2 nitrogen and oxygen atoms in total. The fourth-order valence-corrected chi connectivity index (χ4v) is 8.58. The quantitative estimate of drug-likeness (QED) is 0.369. The fourth-order valence-electron chi connectivity index (χ4n) is 3.75. The van der Waals surface area contributed by atoms with E-state index in [4.69, 9.17) is 0 Å². The molecule has 4 aromatic carbocycles. The summed E-state index contributed by atoms with van der Waals surface area (Å²) >= 11 is 0. The minimum absolute atomic E-state index is 0.318. The van der Waals surface area contributed by atoms with E-state index in [0.717, 1.165) is 0 Å². The zero-order chi connectivity index (χ0) is 20.3. The molecule has 0 unspecified atom stereocenters. The number of hydrogen-bond acceptors (Lipinski definition) is 2. The van der Waals surface area contributed by atoms with Crippen LogP contribution >= 0.6 is 0 Å². The van der Waals surface area contributed by atoms with Crippen molar-refractivity contribution in [3.05, 3.63) is 115 Å². The molecule has 0 saturated carbocycles. The van der Waals surface area contributed by atoms with E-state index in [1.165, 1.54) is 15.6 Å². The van der Waals surface area contributed by atoms with Gasteiger partial charge in [-0.2, -0.15) is 0 Å². The Kier molecular flexibility index (Phi) is 5.22. The predicted molar refractivity (Wildman–Crippen MR) is 122 cm³/mol. The largest absolute Gasteiger partial charge is 0.219 e. The summed E-state index contributed by atoms with van der Waals surface area (Å²) in [5.74, 6) is 0. The first-order valence-corrected chi connectivity index (χ1v) is 13.5. The molecule has 144 valence electrons. The average molecular weight is 415 g/mol. The average Bonchev–Trinajstić information content (AvgIpc) is 2.80. The van der Waals surface area contributed by atoms with Crippen LogP contribution in [0.5, 0.6) is 0 Å². The van der Waals surface area contributed by atoms with E-state index >= 15 is 0 Å². The van der Waals surface area contributed by atoms with Gasteiger partial charge in [0.25, 0.3) is 0 Å². The summed E-state index contributed by atoms with van der Waals surface area (Å²) in [6.07, 6.45) is 0. The smallest absolute Gasteiger partial charge is 0.206 e. The Balaban J connectivity index is 1.82. The molecule has 0 heterocycles. The third-order valence-electron chi connectivity index (χ3n) is 5.50. The van der Waals surface area contributed by atoms with Gasteiger partial charge in [0.2, 0.25) is 9.84 Å². The lowest BCUT2D eigenvalue weighted by Gasteiger charge is -2.29. The molecule has 0 N–H and O–H groups in total. The van der Waals surface area contributed by atoms with Crippen LogP contribution in [0.2, 0.25) is 6.55 Å². The van der Waals surface area contributed by atoms with Crippen LogP contribution in [0.25, 0.3) is 0 Å². The lowest BCUT2D eigenvalue weighted by Crippen LogP contribution is -2.64. The summed E-state index contributed by atoms with van der Waals surface area (Å²) in [5, 5.41) is 3.77. The van der Waals surface area contributed by atoms with Crippen LogP contribution in [-0.4, -0.2) is 16.5 Å². The fraction of sp³-hybridized carbons (Fsp3) is 0.0400. The molecule has 0 spiro atoms. The molecule has 4 rings (SSSR count). The second-order valence-electron chi connectivity index (χ2n) is 7.20. The molecule has 0 radical (unpaired) electrons. The number of hydrogen-bond donors (Lipinski definition) is 0. The molecule has 0 amide bonds. The van der Waals surface area contributed by atoms with Crippen LogP contribution in [-0.2, 0) is 9.84 Å². The molecule has 0 saturated heterocycles. The summed E-state index contributed by atoms with van der Waals surface area (Å²) in [7, 11) is -5.75. The van der Waals surface area contributed by atoms with Gasteiger partial charge < -0.3 is 0 Å². The van der Waals surface area contributed by atoms with Crippen LogP contribution in [0.4, 0.5) is 0 Å². The number of rotatable bonds is 5. The van der Waals surface area contributed by atoms with Gasteiger partial charge in [0.05, 0.1) is 9.79 Å². The number of benzene rings is 4. The normalized spacial score (nSPS) is 11.9. The molecule has 0 aliphatic heterocycles. The van der Waals surface area contributed by atoms with Crippen molar-refractivity contribution in [2.45, 2.75) is 16.3 Å². The van der Waals surface area contributed by atoms with Crippen molar-refractivity contribution in [2.75, 3.05) is 0 Å². The van der Waals surface area contributed by atoms with Crippen LogP contribution in [0.3, 0.4) is 0 Å². The Labute approximate surface area is 173 Å². The minimum atomic E-state index is -3.52. The monoisotopic (exact) mass is 414 g/mol. The first-order valence-electron chi connectivity index (χ1n) is 9.54. The van der Waals surface area contributed by atoms with E-state index in [-0.39, 0.29) is 0 Å². The molecule has 4 heteroatoms. The van der Waals surface area contributed by atoms with E-state index in [1.807, 2.05) is 30.3 Å². The summed E-state index contributed by atoms with van der Waals surface area (Å²) < 4.78 is 25.9. The molecule has 0 bridgehead atoms. The standard InChI is InChI=1S/C25H22O2SSi/c1-29(23-13-7-3-8-14-23,24-15-9-4-10-16-24)25-19-17-22(18-20-25)28(26,27)21-11-5-2-6-12-21/h2-20H,1H3. The topological polar surface area (TPSA) is 34.1 Å². The highest BCUT2D eigenvalue weighted by molar-refractivity contribution is 7.91. The van der Waals surface area contributed by atoms with E-state index in [9.17, 15) is 8.42 Å². The van der Waals surface area contributed by atoms with Crippen molar-refractivity contribution in [3.63, 3.8) is 0 Å². The van der Waals surface area contributed by atoms with Crippen molar-refractivity contribution in [1.82, 2.24) is 0 Å². The predicted octanol–water partition coefficient (Wildman–Crippen LogP) is 3.62. The molecule has 29 heavy (non-hydrogen) atoms. The maximum absolute atomic E-state index is 12.9. The summed E-state index contributed by atoms with van der Waals surface area (Å²) in [5.41, 5.74) is 0. The highest BCUT2D eigenvalue weighted by Crippen LogP contribution is 2.20. The Morgan fingerprint density at radius 1 is 0.483 bits per heavy atom. The van der Waals surface area contributed by atoms with Gasteiger partial charge >= 0.3 is 0 Å². The molecule has 0 fully saturated rings. The van der Waals surface area contributed by atoms with E-state index in [2.05, 4.69) is 55.1 Å². The molecule has 0 aromatic heterocycles. The SMILES string of the molecule is C[Si](c1ccccc1)(c1ccccc1)c1ccc(S(=O)(=O)c2ccccc2)cc1. The van der Waals surface area contributed by atoms with Crippen molar-refractivity contribution in [2.24, 2.45) is 0 Å². The van der Waals surface area contributed by atoms with Crippen molar-refractivity contribution < 1.29 is 8.42 Å². The highest BCUT2D eigenvalue weighted by atomic mass is 32.2. The molecule has 0 atom stereocenters. The van der Waals surface area contributed by atoms with E-state index < -0.39 is 17.9 Å².